The van der Waals surface area contributed by atoms with E-state index in [4.69, 9.17) is 15.5 Å². The van der Waals surface area contributed by atoms with Gasteiger partial charge in [-0.05, 0) is 24.6 Å². The van der Waals surface area contributed by atoms with Gasteiger partial charge in [-0.2, -0.15) is 10.1 Å². The highest BCUT2D eigenvalue weighted by atomic mass is 16.5. The maximum atomic E-state index is 6.56. The van der Waals surface area contributed by atoms with E-state index < -0.39 is 5.54 Å². The Labute approximate surface area is 152 Å². The summed E-state index contributed by atoms with van der Waals surface area (Å²) in [5.41, 5.74) is 9.07. The summed E-state index contributed by atoms with van der Waals surface area (Å²) in [4.78, 5) is 8.80. The molecule has 0 aromatic heterocycles. The van der Waals surface area contributed by atoms with Crippen molar-refractivity contribution in [1.82, 2.24) is 4.90 Å². The average Bonchev–Trinajstić information content (AvgIpc) is 3.15. The molecule has 134 valence electrons. The summed E-state index contributed by atoms with van der Waals surface area (Å²) in [7, 11) is 3.69. The first-order valence-electron chi connectivity index (χ1n) is 8.58. The number of aliphatic imine (C=N–C) groups is 1. The number of methoxy groups -OCH3 is 1. The molecule has 26 heavy (non-hydrogen) atoms. The highest BCUT2D eigenvalue weighted by Gasteiger charge is 2.35. The van der Waals surface area contributed by atoms with E-state index in [1.165, 1.54) is 0 Å². The normalized spacial score (nSPS) is 23.6. The van der Waals surface area contributed by atoms with Crippen molar-refractivity contribution in [3.05, 3.63) is 65.7 Å². The van der Waals surface area contributed by atoms with Crippen LogP contribution in [0, 0.1) is 0 Å². The van der Waals surface area contributed by atoms with Crippen molar-refractivity contribution in [3.8, 4) is 0 Å². The van der Waals surface area contributed by atoms with Crippen molar-refractivity contribution in [1.29, 1.82) is 0 Å². The molecule has 1 aromatic rings. The molecule has 0 amide bonds. The van der Waals surface area contributed by atoms with Gasteiger partial charge in [0.05, 0.1) is 11.2 Å². The molecule has 1 aromatic carbocycles. The second-order valence-corrected chi connectivity index (χ2v) is 6.57. The molecule has 3 aliphatic rings. The summed E-state index contributed by atoms with van der Waals surface area (Å²) >= 11 is 0. The van der Waals surface area contributed by atoms with E-state index >= 15 is 0 Å². The van der Waals surface area contributed by atoms with Gasteiger partial charge < -0.3 is 15.4 Å². The number of nitrogens with zero attached hydrogens (tertiary/aromatic N) is 5. The van der Waals surface area contributed by atoms with Crippen LogP contribution in [0.1, 0.15) is 6.42 Å². The zero-order valence-corrected chi connectivity index (χ0v) is 15.0. The van der Waals surface area contributed by atoms with Crippen LogP contribution in [0.3, 0.4) is 0 Å². The van der Waals surface area contributed by atoms with Gasteiger partial charge >= 0.3 is 0 Å². The number of fused-ring (bicyclic) bond motifs is 3. The van der Waals surface area contributed by atoms with Crippen LogP contribution >= 0.6 is 0 Å². The molecule has 4 rings (SSSR count). The monoisotopic (exact) mass is 350 g/mol. The molecule has 0 saturated heterocycles. The van der Waals surface area contributed by atoms with Crippen LogP contribution in [0.25, 0.3) is 0 Å². The van der Waals surface area contributed by atoms with E-state index in [0.717, 1.165) is 22.8 Å². The lowest BCUT2D eigenvalue weighted by atomic mass is 9.87. The number of guanidine groups is 1. The van der Waals surface area contributed by atoms with Gasteiger partial charge in [0.1, 0.15) is 12.5 Å². The maximum Gasteiger partial charge on any atom is 0.253 e. The van der Waals surface area contributed by atoms with Gasteiger partial charge in [0, 0.05) is 32.0 Å². The maximum absolute atomic E-state index is 6.56. The number of para-hydroxylation sites is 1. The van der Waals surface area contributed by atoms with Gasteiger partial charge in [0.2, 0.25) is 0 Å². The standard InChI is InChI=1S/C19H22N6O/c1-24(14-6-4-3-5-7-14)17-15-8-9-19(20,10-11-26-2)12-16(15)25-13-21-23-18(25)22-17/h3-9,12H,10-11,13,20H2,1-2H3. The van der Waals surface area contributed by atoms with Crippen LogP contribution in [0.4, 0.5) is 5.69 Å². The first-order chi connectivity index (χ1) is 12.6. The summed E-state index contributed by atoms with van der Waals surface area (Å²) in [6.07, 6.45) is 6.85. The molecule has 2 heterocycles. The molecular weight excluding hydrogens is 328 g/mol. The molecular formula is C19H22N6O. The smallest absolute Gasteiger partial charge is 0.253 e. The minimum Gasteiger partial charge on any atom is -0.385 e. The third-order valence-electron chi connectivity index (χ3n) is 4.79. The molecule has 0 fully saturated rings. The third-order valence-corrected chi connectivity index (χ3v) is 4.79. The summed E-state index contributed by atoms with van der Waals surface area (Å²) in [5, 5.41) is 8.33. The van der Waals surface area contributed by atoms with Gasteiger partial charge in [-0.1, -0.05) is 30.4 Å². The fraction of sp³-hybridized carbons (Fsp3) is 0.316. The molecule has 0 saturated carbocycles. The number of rotatable bonds is 5. The van der Waals surface area contributed by atoms with Crippen LogP contribution in [0.15, 0.2) is 80.9 Å². The van der Waals surface area contributed by atoms with E-state index in [0.29, 0.717) is 25.7 Å². The lowest BCUT2D eigenvalue weighted by molar-refractivity contribution is 0.184. The fourth-order valence-electron chi connectivity index (χ4n) is 3.28. The number of azo groups is 1. The molecule has 1 unspecified atom stereocenters. The van der Waals surface area contributed by atoms with Crippen LogP contribution in [-0.2, 0) is 4.74 Å². The lowest BCUT2D eigenvalue weighted by Crippen LogP contribution is -2.42. The fourth-order valence-corrected chi connectivity index (χ4v) is 3.28. The van der Waals surface area contributed by atoms with Crippen LogP contribution in [0.2, 0.25) is 0 Å². The highest BCUT2D eigenvalue weighted by molar-refractivity contribution is 5.88. The van der Waals surface area contributed by atoms with Gasteiger partial charge in [0.15, 0.2) is 0 Å². The average molecular weight is 350 g/mol. The second-order valence-electron chi connectivity index (χ2n) is 6.57. The minimum atomic E-state index is -0.559. The number of benzene rings is 1. The Bertz CT molecular complexity index is 854. The molecule has 1 aliphatic carbocycles. The summed E-state index contributed by atoms with van der Waals surface area (Å²) < 4.78 is 5.21. The SMILES string of the molecule is COCCC1(N)C=CC2=C(N(C)c3ccccc3)N=C3N=NCN3C2=C1. The van der Waals surface area contributed by atoms with Gasteiger partial charge in [0.25, 0.3) is 5.96 Å². The van der Waals surface area contributed by atoms with Crippen molar-refractivity contribution in [2.75, 3.05) is 32.3 Å². The number of allylic oxidation sites excluding steroid dienone is 1. The van der Waals surface area contributed by atoms with E-state index in [1.807, 2.05) is 36.2 Å². The zero-order chi connectivity index (χ0) is 18.1. The number of ether oxygens (including phenoxy) is 1. The summed E-state index contributed by atoms with van der Waals surface area (Å²) in [5.74, 6) is 1.43. The highest BCUT2D eigenvalue weighted by Crippen LogP contribution is 2.37. The number of hydrogen-bond donors (Lipinski definition) is 1. The molecule has 2 N–H and O–H groups in total. The molecule has 0 radical (unpaired) electrons. The van der Waals surface area contributed by atoms with Crippen LogP contribution in [-0.4, -0.2) is 43.8 Å². The van der Waals surface area contributed by atoms with E-state index in [2.05, 4.69) is 39.4 Å². The first-order valence-corrected chi connectivity index (χ1v) is 8.58. The summed E-state index contributed by atoms with van der Waals surface area (Å²) in [6, 6.07) is 10.1. The van der Waals surface area contributed by atoms with Crippen molar-refractivity contribution in [2.45, 2.75) is 12.0 Å². The molecule has 7 heteroatoms. The Morgan fingerprint density at radius 3 is 2.88 bits per heavy atom. The van der Waals surface area contributed by atoms with Crippen molar-refractivity contribution < 1.29 is 4.74 Å². The second kappa shape index (κ2) is 6.51. The molecule has 7 nitrogen and oxygen atoms in total. The number of nitrogens with two attached hydrogens (primary N) is 1. The third kappa shape index (κ3) is 2.85. The Morgan fingerprint density at radius 1 is 1.31 bits per heavy atom. The Balaban J connectivity index is 1.78. The van der Waals surface area contributed by atoms with Gasteiger partial charge in [-0.3, -0.25) is 4.90 Å². The van der Waals surface area contributed by atoms with Gasteiger partial charge in [-0.15, -0.1) is 5.11 Å². The predicted molar refractivity (Wildman–Crippen MR) is 102 cm³/mol. The summed E-state index contributed by atoms with van der Waals surface area (Å²) in [6.45, 7) is 1.06. The lowest BCUT2D eigenvalue weighted by Gasteiger charge is -2.35. The molecule has 1 atom stereocenters. The molecule has 0 spiro atoms. The Kier molecular flexibility index (Phi) is 4.18. The van der Waals surface area contributed by atoms with Crippen molar-refractivity contribution in [3.63, 3.8) is 0 Å². The first kappa shape index (κ1) is 16.7. The Morgan fingerprint density at radius 2 is 2.12 bits per heavy atom. The zero-order valence-electron chi connectivity index (χ0n) is 15.0. The van der Waals surface area contributed by atoms with E-state index in [9.17, 15) is 0 Å². The molecule has 2 aliphatic heterocycles. The van der Waals surface area contributed by atoms with E-state index in [-0.39, 0.29) is 0 Å². The van der Waals surface area contributed by atoms with Crippen molar-refractivity contribution in [2.24, 2.45) is 21.0 Å². The quantitative estimate of drug-likeness (QED) is 0.885. The largest absolute Gasteiger partial charge is 0.385 e. The molecule has 0 bridgehead atoms. The van der Waals surface area contributed by atoms with Crippen LogP contribution < -0.4 is 10.6 Å². The number of hydrogen-bond acceptors (Lipinski definition) is 7. The Hall–Kier alpha value is -2.77. The van der Waals surface area contributed by atoms with Crippen LogP contribution in [0.5, 0.6) is 0 Å². The predicted octanol–water partition coefficient (Wildman–Crippen LogP) is 2.62. The van der Waals surface area contributed by atoms with Gasteiger partial charge in [-0.25, -0.2) is 0 Å². The minimum absolute atomic E-state index is 0.463. The topological polar surface area (TPSA) is 78.8 Å². The van der Waals surface area contributed by atoms with E-state index in [1.54, 1.807) is 7.11 Å². The number of anilines is 1. The van der Waals surface area contributed by atoms with Crippen molar-refractivity contribution >= 4 is 11.6 Å².